The summed E-state index contributed by atoms with van der Waals surface area (Å²) in [6.07, 6.45) is 0.631. The van der Waals surface area contributed by atoms with Gasteiger partial charge in [0.05, 0.1) is 6.04 Å². The fourth-order valence-corrected chi connectivity index (χ4v) is 4.36. The number of carbonyl (C=O) groups is 5. The second-order valence-corrected chi connectivity index (χ2v) is 9.34. The van der Waals surface area contributed by atoms with Crippen molar-refractivity contribution in [3.05, 3.63) is 71.9 Å². The molecule has 2 unspecified atom stereocenters. The van der Waals surface area contributed by atoms with Crippen molar-refractivity contribution in [3.8, 4) is 0 Å². The number of hydrogen-bond donors (Lipinski definition) is 4. The van der Waals surface area contributed by atoms with E-state index in [1.807, 2.05) is 24.3 Å². The molecule has 0 bridgehead atoms. The third-order valence-electron chi connectivity index (χ3n) is 6.22. The number of aromatic amines is 1. The largest absolute Gasteiger partial charge is 0.465 e. The molecule has 0 fully saturated rings. The normalized spacial score (nSPS) is 13.4. The van der Waals surface area contributed by atoms with Gasteiger partial charge >= 0.3 is 6.09 Å². The van der Waals surface area contributed by atoms with Crippen molar-refractivity contribution in [1.82, 2.24) is 15.6 Å². The molecule has 3 rings (SSSR count). The molecule has 2 atom stereocenters. The summed E-state index contributed by atoms with van der Waals surface area (Å²) in [5, 5.41) is 15.3. The summed E-state index contributed by atoms with van der Waals surface area (Å²) in [5.41, 5.74) is 0.422. The summed E-state index contributed by atoms with van der Waals surface area (Å²) >= 11 is 0. The average molecular weight is 506 g/mol. The van der Waals surface area contributed by atoms with Gasteiger partial charge in [-0.05, 0) is 37.5 Å². The Morgan fingerprint density at radius 1 is 0.973 bits per heavy atom. The number of fused-ring (bicyclic) bond motifs is 1. The first-order valence-corrected chi connectivity index (χ1v) is 12.1. The number of hydrogen-bond acceptors (Lipinski definition) is 5. The molecule has 0 spiro atoms. The second-order valence-electron chi connectivity index (χ2n) is 9.34. The fraction of sp³-hybridized carbons (Fsp3) is 0.321. The first kappa shape index (κ1) is 27.3. The molecule has 9 heteroatoms. The zero-order valence-electron chi connectivity index (χ0n) is 20.9. The van der Waals surface area contributed by atoms with Crippen LogP contribution >= 0.6 is 0 Å². The second kappa shape index (κ2) is 12.1. The standard InChI is InChI=1S/C28H31N3O6/c1-18(32)9-8-14-25(34)30-23(19-10-4-3-5-11-19)15-24(33)26(35)28(2,31-27(36)37)16-20-17-29-22-13-7-6-12-21(20)22/h3-7,10-13,17,23,29,31H,8-9,14-16H2,1-2H3,(H,30,34)(H,36,37). The molecule has 2 aromatic carbocycles. The van der Waals surface area contributed by atoms with Gasteiger partial charge in [-0.2, -0.15) is 0 Å². The molecule has 0 aliphatic carbocycles. The maximum atomic E-state index is 13.4. The van der Waals surface area contributed by atoms with Crippen molar-refractivity contribution < 1.29 is 29.1 Å². The lowest BCUT2D eigenvalue weighted by molar-refractivity contribution is -0.140. The number of amides is 2. The Bertz CT molecular complexity index is 1300. The van der Waals surface area contributed by atoms with Crippen LogP contribution in [-0.4, -0.2) is 45.0 Å². The van der Waals surface area contributed by atoms with E-state index in [4.69, 9.17) is 0 Å². The van der Waals surface area contributed by atoms with Gasteiger partial charge in [0.25, 0.3) is 0 Å². The van der Waals surface area contributed by atoms with E-state index in [0.29, 0.717) is 17.5 Å². The molecule has 0 saturated carbocycles. The molecule has 194 valence electrons. The fourth-order valence-electron chi connectivity index (χ4n) is 4.36. The highest BCUT2D eigenvalue weighted by Crippen LogP contribution is 2.25. The highest BCUT2D eigenvalue weighted by Gasteiger charge is 2.40. The molecule has 0 aliphatic rings. The van der Waals surface area contributed by atoms with E-state index in [1.165, 1.54) is 13.8 Å². The van der Waals surface area contributed by atoms with E-state index >= 15 is 0 Å². The molecule has 4 N–H and O–H groups in total. The van der Waals surface area contributed by atoms with Gasteiger partial charge in [0.2, 0.25) is 17.5 Å². The van der Waals surface area contributed by atoms with E-state index in [2.05, 4.69) is 15.6 Å². The number of carbonyl (C=O) groups excluding carboxylic acids is 4. The number of rotatable bonds is 13. The average Bonchev–Trinajstić information content (AvgIpc) is 3.25. The van der Waals surface area contributed by atoms with Crippen LogP contribution in [0.15, 0.2) is 60.8 Å². The monoisotopic (exact) mass is 505 g/mol. The highest BCUT2D eigenvalue weighted by molar-refractivity contribution is 6.41. The molecule has 0 aliphatic heterocycles. The van der Waals surface area contributed by atoms with Crippen LogP contribution in [0.4, 0.5) is 4.79 Å². The Balaban J connectivity index is 1.81. The molecule has 0 radical (unpaired) electrons. The van der Waals surface area contributed by atoms with Crippen LogP contribution in [-0.2, 0) is 25.6 Å². The minimum absolute atomic E-state index is 0.0198. The predicted octanol–water partition coefficient (Wildman–Crippen LogP) is 3.88. The quantitative estimate of drug-likeness (QED) is 0.259. The first-order chi connectivity index (χ1) is 17.6. The summed E-state index contributed by atoms with van der Waals surface area (Å²) in [5.74, 6) is -2.07. The van der Waals surface area contributed by atoms with Crippen LogP contribution in [0.2, 0.25) is 0 Å². The smallest absolute Gasteiger partial charge is 0.405 e. The molecule has 9 nitrogen and oxygen atoms in total. The number of Topliss-reactive ketones (excluding diaryl/α,β-unsaturated/α-hetero) is 3. The van der Waals surface area contributed by atoms with Gasteiger partial charge in [0, 0.05) is 42.8 Å². The Morgan fingerprint density at radius 3 is 2.32 bits per heavy atom. The zero-order valence-corrected chi connectivity index (χ0v) is 20.9. The summed E-state index contributed by atoms with van der Waals surface area (Å²) in [6, 6.07) is 15.4. The molecule has 0 saturated heterocycles. The Kier molecular flexibility index (Phi) is 8.95. The van der Waals surface area contributed by atoms with Gasteiger partial charge in [-0.1, -0.05) is 48.5 Å². The number of benzene rings is 2. The number of para-hydroxylation sites is 1. The minimum Gasteiger partial charge on any atom is -0.465 e. The van der Waals surface area contributed by atoms with E-state index in [-0.39, 0.29) is 37.4 Å². The summed E-state index contributed by atoms with van der Waals surface area (Å²) < 4.78 is 0. The Morgan fingerprint density at radius 2 is 1.65 bits per heavy atom. The maximum Gasteiger partial charge on any atom is 0.405 e. The van der Waals surface area contributed by atoms with Crippen LogP contribution < -0.4 is 10.6 Å². The lowest BCUT2D eigenvalue weighted by Gasteiger charge is -2.28. The van der Waals surface area contributed by atoms with Crippen molar-refractivity contribution in [2.45, 2.75) is 57.5 Å². The molecule has 1 aromatic heterocycles. The SMILES string of the molecule is CC(=O)CCCC(=O)NC(CC(=O)C(=O)C(C)(Cc1c[nH]c2ccccc12)NC(=O)O)c1ccccc1. The van der Waals surface area contributed by atoms with Crippen molar-refractivity contribution >= 4 is 40.3 Å². The number of nitrogens with one attached hydrogen (secondary N) is 3. The molecule has 37 heavy (non-hydrogen) atoms. The molecule has 2 amide bonds. The summed E-state index contributed by atoms with van der Waals surface area (Å²) in [6.45, 7) is 2.84. The van der Waals surface area contributed by atoms with Gasteiger partial charge in [0.15, 0.2) is 0 Å². The molecule has 1 heterocycles. The van der Waals surface area contributed by atoms with Gasteiger partial charge in [0.1, 0.15) is 11.3 Å². The lowest BCUT2D eigenvalue weighted by Crippen LogP contribution is -2.56. The number of aromatic nitrogens is 1. The topological polar surface area (TPSA) is 145 Å². The zero-order chi connectivity index (χ0) is 27.0. The Labute approximate surface area is 214 Å². The van der Waals surface area contributed by atoms with Crippen LogP contribution in [0, 0.1) is 0 Å². The van der Waals surface area contributed by atoms with E-state index in [1.54, 1.807) is 36.5 Å². The van der Waals surface area contributed by atoms with Crippen LogP contribution in [0.5, 0.6) is 0 Å². The highest BCUT2D eigenvalue weighted by atomic mass is 16.4. The van der Waals surface area contributed by atoms with Gasteiger partial charge in [-0.25, -0.2) is 4.79 Å². The summed E-state index contributed by atoms with van der Waals surface area (Å²) in [7, 11) is 0. The number of ketones is 3. The predicted molar refractivity (Wildman–Crippen MR) is 138 cm³/mol. The molecule has 3 aromatic rings. The lowest BCUT2D eigenvalue weighted by atomic mass is 9.84. The first-order valence-electron chi connectivity index (χ1n) is 12.1. The van der Waals surface area contributed by atoms with Crippen molar-refractivity contribution in [3.63, 3.8) is 0 Å². The maximum absolute atomic E-state index is 13.4. The van der Waals surface area contributed by atoms with Crippen LogP contribution in [0.3, 0.4) is 0 Å². The Hall–Kier alpha value is -4.27. The van der Waals surface area contributed by atoms with Crippen molar-refractivity contribution in [1.29, 1.82) is 0 Å². The third-order valence-corrected chi connectivity index (χ3v) is 6.22. The van der Waals surface area contributed by atoms with Crippen LogP contribution in [0.1, 0.15) is 56.7 Å². The van der Waals surface area contributed by atoms with E-state index in [0.717, 1.165) is 10.9 Å². The molecular formula is C28H31N3O6. The van der Waals surface area contributed by atoms with Gasteiger partial charge in [-0.15, -0.1) is 0 Å². The third kappa shape index (κ3) is 7.36. The van der Waals surface area contributed by atoms with Crippen molar-refractivity contribution in [2.24, 2.45) is 0 Å². The number of carboxylic acid groups (broad SMARTS) is 1. The van der Waals surface area contributed by atoms with Gasteiger partial charge in [-0.3, -0.25) is 14.4 Å². The van der Waals surface area contributed by atoms with Crippen LogP contribution in [0.25, 0.3) is 10.9 Å². The minimum atomic E-state index is -1.72. The van der Waals surface area contributed by atoms with Crippen molar-refractivity contribution in [2.75, 3.05) is 0 Å². The number of H-pyrrole nitrogens is 1. The van der Waals surface area contributed by atoms with Gasteiger partial charge < -0.3 is 25.5 Å². The van der Waals surface area contributed by atoms with E-state index in [9.17, 15) is 29.1 Å². The van der Waals surface area contributed by atoms with E-state index < -0.39 is 29.2 Å². The molecular weight excluding hydrogens is 474 g/mol. The summed E-state index contributed by atoms with van der Waals surface area (Å²) in [4.78, 5) is 65.1.